The Morgan fingerprint density at radius 1 is 0.923 bits per heavy atom. The monoisotopic (exact) mass is 383 g/mol. The molecular formula is C14H25NO11. The summed E-state index contributed by atoms with van der Waals surface area (Å²) in [6.45, 7) is 0.0636. The van der Waals surface area contributed by atoms with Gasteiger partial charge in [0.05, 0.1) is 13.2 Å². The fourth-order valence-electron chi connectivity index (χ4n) is 2.87. The highest BCUT2D eigenvalue weighted by molar-refractivity contribution is 5.73. The Labute approximate surface area is 148 Å². The van der Waals surface area contributed by atoms with Gasteiger partial charge in [0.2, 0.25) is 5.91 Å². The molecule has 0 aromatic heterocycles. The third-order valence-electron chi connectivity index (χ3n) is 4.36. The van der Waals surface area contributed by atoms with Crippen LogP contribution >= 0.6 is 0 Å². The topological polar surface area (TPSA) is 198 Å². The second kappa shape index (κ2) is 8.84. The second-order valence-corrected chi connectivity index (χ2v) is 6.30. The molecule has 0 saturated carbocycles. The van der Waals surface area contributed by atoms with E-state index in [4.69, 9.17) is 19.3 Å². The summed E-state index contributed by atoms with van der Waals surface area (Å²) in [5.74, 6) is -0.542. The maximum Gasteiger partial charge on any atom is 0.217 e. The Morgan fingerprint density at radius 2 is 1.54 bits per heavy atom. The van der Waals surface area contributed by atoms with Crippen molar-refractivity contribution < 1.29 is 54.8 Å². The number of aliphatic hydroxyl groups excluding tert-OH is 7. The zero-order valence-corrected chi connectivity index (χ0v) is 14.0. The molecule has 10 atom stereocenters. The smallest absolute Gasteiger partial charge is 0.217 e. The van der Waals surface area contributed by atoms with Crippen LogP contribution in [0.5, 0.6) is 0 Å². The predicted molar refractivity (Wildman–Crippen MR) is 80.2 cm³/mol. The van der Waals surface area contributed by atoms with E-state index in [1.54, 1.807) is 0 Å². The number of carbonyl (C=O) groups excluding carboxylic acids is 1. The zero-order valence-electron chi connectivity index (χ0n) is 14.0. The molecule has 2 heterocycles. The van der Waals surface area contributed by atoms with Crippen LogP contribution in [0.25, 0.3) is 0 Å². The minimum Gasteiger partial charge on any atom is -0.394 e. The molecule has 12 nitrogen and oxygen atoms in total. The van der Waals surface area contributed by atoms with Crippen LogP contribution in [0, 0.1) is 0 Å². The van der Waals surface area contributed by atoms with Gasteiger partial charge in [0.25, 0.3) is 0 Å². The molecule has 0 spiro atoms. The van der Waals surface area contributed by atoms with Crippen molar-refractivity contribution in [1.29, 1.82) is 0 Å². The van der Waals surface area contributed by atoms with Gasteiger partial charge in [-0.15, -0.1) is 0 Å². The van der Waals surface area contributed by atoms with Crippen molar-refractivity contribution in [2.45, 2.75) is 68.3 Å². The lowest BCUT2D eigenvalue weighted by Gasteiger charge is -2.42. The lowest BCUT2D eigenvalue weighted by atomic mass is 9.97. The Balaban J connectivity index is 1.95. The van der Waals surface area contributed by atoms with Gasteiger partial charge in [-0.1, -0.05) is 0 Å². The molecule has 0 aromatic carbocycles. The molecule has 0 unspecified atom stereocenters. The van der Waals surface area contributed by atoms with E-state index in [1.165, 1.54) is 6.92 Å². The number of hydrogen-bond acceptors (Lipinski definition) is 11. The van der Waals surface area contributed by atoms with Gasteiger partial charge in [0.1, 0.15) is 48.8 Å². The average Bonchev–Trinajstić information content (AvgIpc) is 2.59. The minimum atomic E-state index is -1.64. The largest absolute Gasteiger partial charge is 0.394 e. The van der Waals surface area contributed by atoms with Crippen LogP contribution in [0.4, 0.5) is 0 Å². The number of hydrogen-bond donors (Lipinski definition) is 8. The lowest BCUT2D eigenvalue weighted by Crippen LogP contribution is -2.64. The van der Waals surface area contributed by atoms with E-state index in [0.717, 1.165) is 0 Å². The van der Waals surface area contributed by atoms with Crippen LogP contribution in [-0.2, 0) is 19.0 Å². The van der Waals surface area contributed by atoms with E-state index in [9.17, 15) is 35.4 Å². The quantitative estimate of drug-likeness (QED) is 0.226. The minimum absolute atomic E-state index is 0.467. The van der Waals surface area contributed by atoms with Gasteiger partial charge in [-0.05, 0) is 0 Å². The summed E-state index contributed by atoms with van der Waals surface area (Å²) in [7, 11) is 0. The van der Waals surface area contributed by atoms with Gasteiger partial charge in [-0.2, -0.15) is 0 Å². The summed E-state index contributed by atoms with van der Waals surface area (Å²) in [5.41, 5.74) is 0. The van der Waals surface area contributed by atoms with Crippen LogP contribution in [-0.4, -0.2) is 116 Å². The van der Waals surface area contributed by atoms with E-state index in [0.29, 0.717) is 0 Å². The molecule has 1 amide bonds. The molecule has 2 rings (SSSR count). The van der Waals surface area contributed by atoms with Crippen LogP contribution in [0.3, 0.4) is 0 Å². The van der Waals surface area contributed by atoms with Crippen molar-refractivity contribution in [1.82, 2.24) is 5.32 Å². The van der Waals surface area contributed by atoms with Crippen molar-refractivity contribution in [3.63, 3.8) is 0 Å². The zero-order chi connectivity index (χ0) is 19.6. The first-order chi connectivity index (χ1) is 12.2. The molecule has 12 heteroatoms. The first kappa shape index (κ1) is 21.4. The van der Waals surface area contributed by atoms with Crippen LogP contribution in [0.15, 0.2) is 0 Å². The molecule has 152 valence electrons. The molecule has 0 bridgehead atoms. The van der Waals surface area contributed by atoms with E-state index in [-0.39, 0.29) is 0 Å². The molecule has 2 aliphatic heterocycles. The van der Waals surface area contributed by atoms with Gasteiger partial charge in [-0.3, -0.25) is 4.79 Å². The molecular weight excluding hydrogens is 358 g/mol. The summed E-state index contributed by atoms with van der Waals surface area (Å²) >= 11 is 0. The molecule has 0 aliphatic carbocycles. The van der Waals surface area contributed by atoms with E-state index in [1.807, 2.05) is 0 Å². The molecule has 2 fully saturated rings. The third kappa shape index (κ3) is 4.48. The number of carbonyl (C=O) groups is 1. The van der Waals surface area contributed by atoms with Gasteiger partial charge >= 0.3 is 0 Å². The number of aliphatic hydroxyl groups is 7. The molecule has 2 aliphatic rings. The van der Waals surface area contributed by atoms with Gasteiger partial charge in [0.15, 0.2) is 12.6 Å². The highest BCUT2D eigenvalue weighted by Crippen LogP contribution is 2.24. The van der Waals surface area contributed by atoms with Crippen molar-refractivity contribution in [2.24, 2.45) is 0 Å². The maximum atomic E-state index is 11.1. The molecule has 8 N–H and O–H groups in total. The number of nitrogens with one attached hydrogen (secondary N) is 1. The summed E-state index contributed by atoms with van der Waals surface area (Å²) in [4.78, 5) is 11.1. The highest BCUT2D eigenvalue weighted by atomic mass is 16.7. The van der Waals surface area contributed by atoms with Crippen LogP contribution < -0.4 is 5.32 Å². The van der Waals surface area contributed by atoms with E-state index < -0.39 is 80.5 Å². The fourth-order valence-corrected chi connectivity index (χ4v) is 2.87. The molecule has 0 radical (unpaired) electrons. The van der Waals surface area contributed by atoms with Crippen molar-refractivity contribution in [2.75, 3.05) is 13.2 Å². The Morgan fingerprint density at radius 3 is 2.12 bits per heavy atom. The first-order valence-electron chi connectivity index (χ1n) is 8.06. The fraction of sp³-hybridized carbons (Fsp3) is 0.929. The summed E-state index contributed by atoms with van der Waals surface area (Å²) in [6.07, 6.45) is -13.4. The predicted octanol–water partition coefficient (Wildman–Crippen LogP) is -5.25. The average molecular weight is 383 g/mol. The van der Waals surface area contributed by atoms with Crippen LogP contribution in [0.1, 0.15) is 6.92 Å². The van der Waals surface area contributed by atoms with Gasteiger partial charge < -0.3 is 55.3 Å². The summed E-state index contributed by atoms with van der Waals surface area (Å²) in [6, 6.07) is -1.24. The number of ether oxygens (including phenoxy) is 3. The molecule has 2 saturated heterocycles. The Bertz CT molecular complexity index is 478. The third-order valence-corrected chi connectivity index (χ3v) is 4.36. The van der Waals surface area contributed by atoms with E-state index >= 15 is 0 Å². The maximum absolute atomic E-state index is 11.1. The Kier molecular flexibility index (Phi) is 7.27. The van der Waals surface area contributed by atoms with E-state index in [2.05, 4.69) is 5.32 Å². The van der Waals surface area contributed by atoms with Gasteiger partial charge in [-0.25, -0.2) is 0 Å². The normalized spacial score (nSPS) is 46.8. The highest BCUT2D eigenvalue weighted by Gasteiger charge is 2.47. The summed E-state index contributed by atoms with van der Waals surface area (Å²) in [5, 5.41) is 70.6. The SMILES string of the molecule is CC(=O)N[C@@H]1[C@@H](O)[C@H](O)[C@@H](CO[C@H]2O[C@H](CO)[C@@H](O)[C@H](O)[C@H]2O)O[C@H]1O. The standard InChI is InChI=1S/C14H25NO11/c1-4(17)15-7-10(20)9(19)6(25-13(7)23)3-24-14-12(22)11(21)8(18)5(2-16)26-14/h5-14,16,18-23H,2-3H2,1H3,(H,15,17)/t5-,6-,7-,8-,9-,10-,11+,12-,13-,14+/m1/s1. The lowest BCUT2D eigenvalue weighted by molar-refractivity contribution is -0.318. The number of amides is 1. The summed E-state index contributed by atoms with van der Waals surface area (Å²) < 4.78 is 15.5. The van der Waals surface area contributed by atoms with Crippen molar-refractivity contribution >= 4 is 5.91 Å². The first-order valence-corrected chi connectivity index (χ1v) is 8.06. The molecule has 0 aromatic rings. The molecule has 26 heavy (non-hydrogen) atoms. The van der Waals surface area contributed by atoms with Crippen LogP contribution in [0.2, 0.25) is 0 Å². The Hall–Kier alpha value is -0.930. The van der Waals surface area contributed by atoms with Crippen molar-refractivity contribution in [3.8, 4) is 0 Å². The van der Waals surface area contributed by atoms with Gasteiger partial charge in [0, 0.05) is 6.92 Å². The second-order valence-electron chi connectivity index (χ2n) is 6.30. The van der Waals surface area contributed by atoms with Crippen molar-refractivity contribution in [3.05, 3.63) is 0 Å². The number of rotatable bonds is 5.